The maximum Gasteiger partial charge on any atom is 1.00 e. The molecule has 3 aliphatic rings. The van der Waals surface area contributed by atoms with Crippen molar-refractivity contribution < 1.29 is 95.7 Å². The summed E-state index contributed by atoms with van der Waals surface area (Å²) in [5.74, 6) is -1.55. The number of Topliss-reactive ketones (excluding diaryl/α,β-unsaturated/α-hetero) is 2. The Bertz CT molecular complexity index is 1190. The first-order chi connectivity index (χ1) is 27.2. The van der Waals surface area contributed by atoms with Gasteiger partial charge in [-0.15, -0.1) is 0 Å². The van der Waals surface area contributed by atoms with Gasteiger partial charge in [-0.25, -0.2) is 0 Å². The van der Waals surface area contributed by atoms with E-state index in [1.54, 1.807) is 6.92 Å². The summed E-state index contributed by atoms with van der Waals surface area (Å²) >= 11 is 0. The molecule has 0 radical (unpaired) electrons. The molecule has 10 nitrogen and oxygen atoms in total. The molecule has 0 aromatic carbocycles. The second-order valence-electron chi connectivity index (χ2n) is 16.3. The number of hydrogen-bond acceptors (Lipinski definition) is 10. The van der Waals surface area contributed by atoms with E-state index < -0.39 is 23.9 Å². The molecular formula is C47H82KNO9. The zero-order chi connectivity index (χ0) is 43.1. The summed E-state index contributed by atoms with van der Waals surface area (Å²) in [7, 11) is 3.72. The van der Waals surface area contributed by atoms with Gasteiger partial charge in [0.25, 0.3) is 5.78 Å². The van der Waals surface area contributed by atoms with E-state index in [2.05, 4.69) is 51.2 Å². The van der Waals surface area contributed by atoms with Crippen LogP contribution in [-0.4, -0.2) is 96.2 Å². The summed E-state index contributed by atoms with van der Waals surface area (Å²) in [6.45, 7) is 13.5. The van der Waals surface area contributed by atoms with Crippen LogP contribution < -0.4 is 56.5 Å². The Labute approximate surface area is 395 Å². The Morgan fingerprint density at radius 1 is 1.03 bits per heavy atom. The third-order valence-corrected chi connectivity index (χ3v) is 11.3. The van der Waals surface area contributed by atoms with Crippen LogP contribution in [0.3, 0.4) is 0 Å². The molecule has 2 saturated heterocycles. The van der Waals surface area contributed by atoms with Gasteiger partial charge < -0.3 is 34.8 Å². The number of carbonyl (C=O) groups is 3. The van der Waals surface area contributed by atoms with E-state index in [-0.39, 0.29) is 63.6 Å². The monoisotopic (exact) mass is 844 g/mol. The number of likely N-dealkylation sites (tertiary alicyclic amines) is 1. The number of unbranched alkanes of at least 4 members (excludes halogenated alkanes) is 1. The predicted molar refractivity (Wildman–Crippen MR) is 229 cm³/mol. The van der Waals surface area contributed by atoms with E-state index in [9.17, 15) is 29.7 Å². The summed E-state index contributed by atoms with van der Waals surface area (Å²) in [6.07, 6.45) is 30.3. The number of rotatable bonds is 19. The molecule has 7 unspecified atom stereocenters. The van der Waals surface area contributed by atoms with Crippen LogP contribution >= 0.6 is 0 Å². The van der Waals surface area contributed by atoms with Gasteiger partial charge in [-0.05, 0) is 109 Å². The average Bonchev–Trinajstić information content (AvgIpc) is 3.23. The van der Waals surface area contributed by atoms with Gasteiger partial charge in [-0.1, -0.05) is 114 Å². The molecule has 3 N–H and O–H groups in total. The van der Waals surface area contributed by atoms with Gasteiger partial charge >= 0.3 is 51.4 Å². The van der Waals surface area contributed by atoms with E-state index in [1.807, 2.05) is 39.0 Å². The van der Waals surface area contributed by atoms with Crippen LogP contribution in [-0.2, 0) is 23.9 Å². The average molecular weight is 844 g/mol. The molecule has 0 bridgehead atoms. The smallest absolute Gasteiger partial charge is 0.841 e. The second kappa shape index (κ2) is 36.9. The molecule has 330 valence electrons. The molecule has 0 spiro atoms. The van der Waals surface area contributed by atoms with Gasteiger partial charge in [0.1, 0.15) is 5.78 Å². The Balaban J connectivity index is 0. The number of methoxy groups -OCH3 is 1. The normalized spacial score (nSPS) is 25.2. The van der Waals surface area contributed by atoms with Crippen molar-refractivity contribution >= 4 is 17.9 Å². The van der Waals surface area contributed by atoms with Crippen LogP contribution in [0.2, 0.25) is 0 Å². The Morgan fingerprint density at radius 2 is 1.76 bits per heavy atom. The van der Waals surface area contributed by atoms with E-state index in [0.717, 1.165) is 69.4 Å². The molecule has 1 saturated carbocycles. The van der Waals surface area contributed by atoms with Gasteiger partial charge in [-0.3, -0.25) is 14.4 Å². The SMILES string of the molecule is CC/C(C)=C/C=C/C=C/CCC(C)CO.CC1CCCOC1(O)C(=O)C=O.CCC(O)/C(C)=C/CC(=O)CCCCC1CCCC(OC)C1.CN1CCCCC1[O-].[K+]. The molecule has 3 fully saturated rings. The molecule has 0 aromatic rings. The third kappa shape index (κ3) is 28.0. The molecule has 3 rings (SSSR count). The number of hydrogen-bond donors (Lipinski definition) is 3. The van der Waals surface area contributed by atoms with E-state index in [0.29, 0.717) is 56.7 Å². The summed E-state index contributed by atoms with van der Waals surface area (Å²) < 4.78 is 10.4. The van der Waals surface area contributed by atoms with Crippen molar-refractivity contribution in [2.45, 2.75) is 181 Å². The van der Waals surface area contributed by atoms with Crippen LogP contribution in [0.1, 0.15) is 157 Å². The van der Waals surface area contributed by atoms with Gasteiger partial charge in [0, 0.05) is 32.5 Å². The number of nitrogens with zero attached hydrogens (tertiary/aromatic N) is 1. The molecule has 11 heteroatoms. The van der Waals surface area contributed by atoms with E-state index in [4.69, 9.17) is 14.6 Å². The van der Waals surface area contributed by atoms with Crippen LogP contribution in [0.5, 0.6) is 0 Å². The molecule has 0 aromatic heterocycles. The minimum Gasteiger partial charge on any atom is -0.841 e. The fourth-order valence-corrected chi connectivity index (χ4v) is 6.75. The number of ketones is 2. The first-order valence-electron chi connectivity index (χ1n) is 21.9. The van der Waals surface area contributed by atoms with Gasteiger partial charge in [0.05, 0.1) is 18.8 Å². The molecule has 0 amide bonds. The molecule has 2 heterocycles. The Morgan fingerprint density at radius 3 is 2.33 bits per heavy atom. The number of carbonyl (C=O) groups excluding carboxylic acids is 3. The van der Waals surface area contributed by atoms with E-state index in [1.165, 1.54) is 44.1 Å². The first kappa shape index (κ1) is 59.4. The molecule has 7 atom stereocenters. The minimum atomic E-state index is -1.86. The summed E-state index contributed by atoms with van der Waals surface area (Å²) in [6, 6.07) is 0. The number of piperidine rings is 1. The predicted octanol–water partition coefficient (Wildman–Crippen LogP) is 4.97. The zero-order valence-corrected chi connectivity index (χ0v) is 41.2. The number of aliphatic hydroxyl groups excluding tert-OH is 2. The maximum absolute atomic E-state index is 11.9. The standard InChI is InChI=1S/C19H34O3.C14H24O.C8H12O4.C6H12NO.K/c1-4-19(21)15(2)12-13-17(20)10-6-5-8-16-9-7-11-18(14-16)22-3;1-4-13(2)10-8-6-5-7-9-11-14(3)12-15;1-6-3-2-4-12-8(6,11)7(10)5-9;1-7-5-3-2-4-6(7)8;/h12,16,18-19,21H,4-11,13-14H2,1-3H3;5-8,10,14-15H,4,9,11-12H2,1-3H3;5-6,11H,2-4H2,1H3;6H,2-5H2,1H3;/q;;;-1;+1/b15-12+;7-5+,8-6+,13-10+;;;. The Kier molecular flexibility index (Phi) is 37.8. The fraction of sp³-hybridized carbons (Fsp3) is 0.766. The van der Waals surface area contributed by atoms with Crippen molar-refractivity contribution in [3.63, 3.8) is 0 Å². The van der Waals surface area contributed by atoms with Crippen LogP contribution in [0.15, 0.2) is 47.6 Å². The van der Waals surface area contributed by atoms with Crippen molar-refractivity contribution in [3.05, 3.63) is 47.6 Å². The number of allylic oxidation sites excluding steroid dienone is 7. The quantitative estimate of drug-likeness (QED) is 0.0405. The van der Waals surface area contributed by atoms with Crippen molar-refractivity contribution in [2.75, 3.05) is 33.9 Å². The summed E-state index contributed by atoms with van der Waals surface area (Å²) in [5.41, 5.74) is 2.32. The Hall–Kier alpha value is -0.674. The van der Waals surface area contributed by atoms with E-state index >= 15 is 0 Å². The summed E-state index contributed by atoms with van der Waals surface area (Å²) in [4.78, 5) is 34.9. The van der Waals surface area contributed by atoms with Crippen molar-refractivity contribution in [3.8, 4) is 0 Å². The van der Waals surface area contributed by atoms with Crippen molar-refractivity contribution in [1.82, 2.24) is 4.90 Å². The van der Waals surface area contributed by atoms with Crippen LogP contribution in [0, 0.1) is 17.8 Å². The zero-order valence-electron chi connectivity index (χ0n) is 38.1. The maximum atomic E-state index is 11.9. The summed E-state index contributed by atoms with van der Waals surface area (Å²) in [5, 5.41) is 38.9. The van der Waals surface area contributed by atoms with Crippen molar-refractivity contribution in [1.29, 1.82) is 0 Å². The first-order valence-corrected chi connectivity index (χ1v) is 21.9. The molecule has 1 aliphatic carbocycles. The third-order valence-electron chi connectivity index (χ3n) is 11.3. The molecule has 58 heavy (non-hydrogen) atoms. The second-order valence-corrected chi connectivity index (χ2v) is 16.3. The van der Waals surface area contributed by atoms with Crippen LogP contribution in [0.25, 0.3) is 0 Å². The fourth-order valence-electron chi connectivity index (χ4n) is 6.75. The number of aldehydes is 1. The van der Waals surface area contributed by atoms with Gasteiger partial charge in [-0.2, -0.15) is 0 Å². The molecular weight excluding hydrogens is 762 g/mol. The van der Waals surface area contributed by atoms with Crippen molar-refractivity contribution in [2.24, 2.45) is 17.8 Å². The topological polar surface area (TPSA) is 157 Å². The van der Waals surface area contributed by atoms with Crippen LogP contribution in [0.4, 0.5) is 0 Å². The van der Waals surface area contributed by atoms with Gasteiger partial charge in [0.2, 0.25) is 5.79 Å². The minimum absolute atomic E-state index is 0. The largest absolute Gasteiger partial charge is 1.00 e. The van der Waals surface area contributed by atoms with Gasteiger partial charge in [0.15, 0.2) is 6.29 Å². The molecule has 2 aliphatic heterocycles. The number of ether oxygens (including phenoxy) is 2. The number of aliphatic hydroxyl groups is 3.